The van der Waals surface area contributed by atoms with Gasteiger partial charge in [0.25, 0.3) is 0 Å². The number of hydrogen-bond donors (Lipinski definition) is 1. The lowest BCUT2D eigenvalue weighted by Crippen LogP contribution is -2.50. The van der Waals surface area contributed by atoms with E-state index in [1.165, 1.54) is 11.3 Å². The molecular formula is C31H38FN7O3S. The molecule has 0 aliphatic carbocycles. The number of likely N-dealkylation sites (N-methyl/N-ethyl adjacent to an activating group) is 1. The molecule has 2 aromatic heterocycles. The molecule has 43 heavy (non-hydrogen) atoms. The van der Waals surface area contributed by atoms with Gasteiger partial charge >= 0.3 is 12.1 Å². The number of thiazole rings is 1. The fourth-order valence-electron chi connectivity index (χ4n) is 5.91. The van der Waals surface area contributed by atoms with E-state index < -0.39 is 11.4 Å². The number of nitrogens with two attached hydrogens (primary N) is 1. The Morgan fingerprint density at radius 3 is 2.58 bits per heavy atom. The van der Waals surface area contributed by atoms with Gasteiger partial charge in [-0.15, -0.1) is 0 Å². The van der Waals surface area contributed by atoms with E-state index in [-0.39, 0.29) is 23.7 Å². The van der Waals surface area contributed by atoms with Gasteiger partial charge in [0.1, 0.15) is 23.5 Å². The van der Waals surface area contributed by atoms with Crippen molar-refractivity contribution in [2.24, 2.45) is 0 Å². The summed E-state index contributed by atoms with van der Waals surface area (Å²) in [6.45, 7) is 10.8. The van der Waals surface area contributed by atoms with Gasteiger partial charge in [-0.25, -0.2) is 14.2 Å². The minimum atomic E-state index is -0.571. The SMILES string of the molecule is Cc1cc2c(N3CCN(C(=O)OC(C)(C)C)CC3)nc(OC[C@@H]3CCCN3C)nc2c(F)c1-c1cccc2sc(N)nc12. The number of ether oxygens (including phenoxy) is 2. The number of carbonyl (C=O) groups excluding carboxylic acids is 1. The number of aromatic nitrogens is 3. The van der Waals surface area contributed by atoms with Gasteiger partial charge in [-0.2, -0.15) is 9.97 Å². The Morgan fingerprint density at radius 1 is 1.12 bits per heavy atom. The minimum Gasteiger partial charge on any atom is -0.462 e. The van der Waals surface area contributed by atoms with Crippen LogP contribution in [0.5, 0.6) is 6.01 Å². The maximum absolute atomic E-state index is 16.7. The van der Waals surface area contributed by atoms with Crippen LogP contribution in [0.25, 0.3) is 32.2 Å². The van der Waals surface area contributed by atoms with Gasteiger partial charge in [-0.3, -0.25) is 0 Å². The van der Waals surface area contributed by atoms with Crippen LogP contribution in [0.2, 0.25) is 0 Å². The third kappa shape index (κ3) is 5.90. The van der Waals surface area contributed by atoms with Gasteiger partial charge < -0.3 is 29.9 Å². The number of piperazine rings is 1. The highest BCUT2D eigenvalue weighted by molar-refractivity contribution is 7.22. The number of carbonyl (C=O) groups is 1. The van der Waals surface area contributed by atoms with E-state index in [1.54, 1.807) is 4.90 Å². The zero-order valence-electron chi connectivity index (χ0n) is 25.3. The third-order valence-electron chi connectivity index (χ3n) is 8.10. The van der Waals surface area contributed by atoms with Crippen molar-refractivity contribution in [3.63, 3.8) is 0 Å². The molecule has 0 saturated carbocycles. The Labute approximate surface area is 254 Å². The first-order chi connectivity index (χ1) is 20.5. The van der Waals surface area contributed by atoms with E-state index in [4.69, 9.17) is 20.2 Å². The molecule has 12 heteroatoms. The second kappa shape index (κ2) is 11.4. The number of fused-ring (bicyclic) bond motifs is 2. The summed E-state index contributed by atoms with van der Waals surface area (Å²) in [5.41, 5.74) is 8.14. The average Bonchev–Trinajstić information content (AvgIpc) is 3.55. The number of rotatable bonds is 5. The van der Waals surface area contributed by atoms with Gasteiger partial charge in [0.2, 0.25) is 0 Å². The normalized spacial score (nSPS) is 18.1. The summed E-state index contributed by atoms with van der Waals surface area (Å²) in [5.74, 6) is 0.140. The molecule has 2 aromatic carbocycles. The van der Waals surface area contributed by atoms with Crippen molar-refractivity contribution in [1.82, 2.24) is 24.8 Å². The molecule has 0 spiro atoms. The van der Waals surface area contributed by atoms with Gasteiger partial charge in [0.15, 0.2) is 10.9 Å². The molecule has 4 aromatic rings. The summed E-state index contributed by atoms with van der Waals surface area (Å²) in [6.07, 6.45) is 1.80. The smallest absolute Gasteiger partial charge is 0.410 e. The zero-order chi connectivity index (χ0) is 30.5. The Balaban J connectivity index is 1.40. The highest BCUT2D eigenvalue weighted by atomic mass is 32.1. The first-order valence-electron chi connectivity index (χ1n) is 14.7. The highest BCUT2D eigenvalue weighted by Gasteiger charge is 2.29. The fraction of sp³-hybridized carbons (Fsp3) is 0.484. The molecule has 228 valence electrons. The van der Waals surface area contributed by atoms with Crippen LogP contribution in [0.4, 0.5) is 20.1 Å². The van der Waals surface area contributed by atoms with Crippen LogP contribution in [-0.4, -0.2) is 88.9 Å². The van der Waals surface area contributed by atoms with Gasteiger partial charge in [0, 0.05) is 48.7 Å². The summed E-state index contributed by atoms with van der Waals surface area (Å²) >= 11 is 1.37. The van der Waals surface area contributed by atoms with Crippen LogP contribution >= 0.6 is 11.3 Å². The van der Waals surface area contributed by atoms with E-state index in [1.807, 2.05) is 52.0 Å². The molecule has 1 amide bonds. The minimum absolute atomic E-state index is 0.141. The Morgan fingerprint density at radius 2 is 1.88 bits per heavy atom. The molecule has 6 rings (SSSR count). The lowest BCUT2D eigenvalue weighted by Gasteiger charge is -2.36. The monoisotopic (exact) mass is 607 g/mol. The second-order valence-electron chi connectivity index (χ2n) is 12.4. The molecule has 2 fully saturated rings. The molecule has 1 atom stereocenters. The number of nitrogens with zero attached hydrogens (tertiary/aromatic N) is 6. The summed E-state index contributed by atoms with van der Waals surface area (Å²) in [6, 6.07) is 8.02. The summed E-state index contributed by atoms with van der Waals surface area (Å²) < 4.78 is 29.3. The molecule has 0 bridgehead atoms. The number of aryl methyl sites for hydroxylation is 1. The largest absolute Gasteiger partial charge is 0.462 e. The van der Waals surface area contributed by atoms with E-state index in [2.05, 4.69) is 26.8 Å². The van der Waals surface area contributed by atoms with Crippen LogP contribution in [0, 0.1) is 12.7 Å². The first kappa shape index (κ1) is 29.3. The number of benzene rings is 2. The predicted molar refractivity (Wildman–Crippen MR) is 168 cm³/mol. The topological polar surface area (TPSA) is 110 Å². The lowest BCUT2D eigenvalue weighted by molar-refractivity contribution is 0.0240. The number of amides is 1. The molecule has 2 aliphatic heterocycles. The van der Waals surface area contributed by atoms with E-state index in [0.29, 0.717) is 65.8 Å². The average molecular weight is 608 g/mol. The van der Waals surface area contributed by atoms with Gasteiger partial charge in [-0.05, 0) is 71.8 Å². The number of likely N-dealkylation sites (tertiary alicyclic amines) is 1. The zero-order valence-corrected chi connectivity index (χ0v) is 26.1. The van der Waals surface area contributed by atoms with Crippen molar-refractivity contribution < 1.29 is 18.7 Å². The third-order valence-corrected chi connectivity index (χ3v) is 8.95. The molecule has 0 unspecified atom stereocenters. The van der Waals surface area contributed by atoms with Gasteiger partial charge in [-0.1, -0.05) is 23.5 Å². The maximum atomic E-state index is 16.7. The molecule has 4 heterocycles. The Hall–Kier alpha value is -3.77. The number of hydrogen-bond acceptors (Lipinski definition) is 10. The second-order valence-corrected chi connectivity index (χ2v) is 13.4. The Kier molecular flexibility index (Phi) is 7.76. The van der Waals surface area contributed by atoms with E-state index in [0.717, 1.165) is 29.6 Å². The molecule has 0 radical (unpaired) electrons. The quantitative estimate of drug-likeness (QED) is 0.316. The van der Waals surface area contributed by atoms with Crippen molar-refractivity contribution in [2.75, 3.05) is 57.0 Å². The number of para-hydroxylation sites is 1. The molecule has 2 saturated heterocycles. The standard InChI is InChI=1S/C31H38FN7O3S/c1-18-16-21-26(24(32)23(18)20-9-6-10-22-25(20)34-28(33)43-22)35-29(41-17-19-8-7-11-37(19)5)36-27(21)38-12-14-39(15-13-38)30(40)42-31(2,3)4/h6,9-10,16,19H,7-8,11-15,17H2,1-5H3,(H2,33,34)/t19-/m0/s1. The molecule has 2 aliphatic rings. The predicted octanol–water partition coefficient (Wildman–Crippen LogP) is 5.47. The van der Waals surface area contributed by atoms with Crippen LogP contribution in [0.15, 0.2) is 24.3 Å². The fourth-order valence-corrected chi connectivity index (χ4v) is 6.67. The lowest BCUT2D eigenvalue weighted by atomic mass is 9.96. The van der Waals surface area contributed by atoms with Crippen LogP contribution in [0.1, 0.15) is 39.2 Å². The van der Waals surface area contributed by atoms with Crippen LogP contribution in [-0.2, 0) is 4.74 Å². The number of nitrogen functional groups attached to an aromatic ring is 1. The summed E-state index contributed by atoms with van der Waals surface area (Å²) in [4.78, 5) is 32.7. The van der Waals surface area contributed by atoms with Gasteiger partial charge in [0.05, 0.1) is 10.2 Å². The van der Waals surface area contributed by atoms with E-state index >= 15 is 4.39 Å². The molecular weight excluding hydrogens is 569 g/mol. The van der Waals surface area contributed by atoms with Crippen molar-refractivity contribution in [2.45, 2.75) is 52.2 Å². The van der Waals surface area contributed by atoms with Crippen LogP contribution in [0.3, 0.4) is 0 Å². The molecule has 2 N–H and O–H groups in total. The van der Waals surface area contributed by atoms with E-state index in [9.17, 15) is 4.79 Å². The molecule has 10 nitrogen and oxygen atoms in total. The summed E-state index contributed by atoms with van der Waals surface area (Å²) in [7, 11) is 2.08. The number of halogens is 1. The van der Waals surface area contributed by atoms with Crippen molar-refractivity contribution >= 4 is 49.5 Å². The first-order valence-corrected chi connectivity index (χ1v) is 15.5. The van der Waals surface area contributed by atoms with Crippen molar-refractivity contribution in [1.29, 1.82) is 0 Å². The van der Waals surface area contributed by atoms with Crippen LogP contribution < -0.4 is 15.4 Å². The van der Waals surface area contributed by atoms with Crippen molar-refractivity contribution in [3.8, 4) is 17.1 Å². The Bertz CT molecular complexity index is 1680. The highest BCUT2D eigenvalue weighted by Crippen LogP contribution is 2.40. The number of anilines is 2. The maximum Gasteiger partial charge on any atom is 0.410 e. The van der Waals surface area contributed by atoms with Crippen molar-refractivity contribution in [3.05, 3.63) is 35.6 Å². The summed E-state index contributed by atoms with van der Waals surface area (Å²) in [5, 5.41) is 1.03.